The molecule has 0 aliphatic carbocycles. The van der Waals surface area contributed by atoms with E-state index < -0.39 is 0 Å². The van der Waals surface area contributed by atoms with Crippen LogP contribution in [0, 0.1) is 0 Å². The average molecular weight is 283 g/mol. The van der Waals surface area contributed by atoms with Gasteiger partial charge in [-0.2, -0.15) is 0 Å². The van der Waals surface area contributed by atoms with Crippen LogP contribution < -0.4 is 0 Å². The van der Waals surface area contributed by atoms with E-state index in [1.54, 1.807) is 6.07 Å². The highest BCUT2D eigenvalue weighted by molar-refractivity contribution is 5.48. The van der Waals surface area contributed by atoms with Crippen molar-refractivity contribution in [2.45, 2.75) is 38.9 Å². The van der Waals surface area contributed by atoms with E-state index in [1.165, 1.54) is 11.6 Å². The average Bonchev–Trinajstić information content (AvgIpc) is 2.43. The highest BCUT2D eigenvalue weighted by Gasteiger charge is 2.31. The summed E-state index contributed by atoms with van der Waals surface area (Å²) in [7, 11) is 0. The normalized spacial score (nSPS) is 22.0. The lowest BCUT2D eigenvalue weighted by atomic mass is 9.88. The van der Waals surface area contributed by atoms with Gasteiger partial charge in [-0.3, -0.25) is 4.90 Å². The third-order valence-corrected chi connectivity index (χ3v) is 4.43. The molecule has 0 radical (unpaired) electrons. The Bertz CT molecular complexity index is 639. The number of hydrogen-bond donors (Lipinski definition) is 2. The van der Waals surface area contributed by atoms with Crippen molar-refractivity contribution in [2.75, 3.05) is 0 Å². The minimum absolute atomic E-state index is 0.129. The number of phenolic OH excluding ortho intramolecular Hbond substituents is 2. The highest BCUT2D eigenvalue weighted by atomic mass is 16.3. The minimum atomic E-state index is 0.129. The number of benzene rings is 2. The largest absolute Gasteiger partial charge is 0.508 e. The first kappa shape index (κ1) is 14.0. The number of fused-ring (bicyclic) bond motifs is 1. The lowest BCUT2D eigenvalue weighted by Gasteiger charge is -2.40. The summed E-state index contributed by atoms with van der Waals surface area (Å²) >= 11 is 0. The number of rotatable bonds is 2. The van der Waals surface area contributed by atoms with Crippen molar-refractivity contribution in [3.05, 3.63) is 59.2 Å². The smallest absolute Gasteiger partial charge is 0.124 e. The second kappa shape index (κ2) is 5.41. The van der Waals surface area contributed by atoms with Gasteiger partial charge in [0.15, 0.2) is 0 Å². The van der Waals surface area contributed by atoms with Crippen LogP contribution in [0.1, 0.15) is 36.6 Å². The lowest BCUT2D eigenvalue weighted by Crippen LogP contribution is -2.40. The third kappa shape index (κ3) is 2.61. The van der Waals surface area contributed by atoms with Crippen molar-refractivity contribution in [3.63, 3.8) is 0 Å². The first-order valence-corrected chi connectivity index (χ1v) is 7.40. The predicted octanol–water partition coefficient (Wildman–Crippen LogP) is 3.61. The standard InChI is InChI=1S/C18H21NO2/c1-12-8-15-9-16(20)10-17(21)18(15)13(2)19(12)11-14-6-4-3-5-7-14/h3-7,9-10,12-13,20-21H,8,11H2,1-2H3/t12-,13-/m0/s1. The predicted molar refractivity (Wildman–Crippen MR) is 83.3 cm³/mol. The summed E-state index contributed by atoms with van der Waals surface area (Å²) in [6.45, 7) is 5.18. The summed E-state index contributed by atoms with van der Waals surface area (Å²) < 4.78 is 0. The fraction of sp³-hybridized carbons (Fsp3) is 0.333. The van der Waals surface area contributed by atoms with Gasteiger partial charge in [0.25, 0.3) is 0 Å². The van der Waals surface area contributed by atoms with Gasteiger partial charge in [-0.15, -0.1) is 0 Å². The molecule has 2 N–H and O–H groups in total. The molecule has 1 aliphatic heterocycles. The third-order valence-electron chi connectivity index (χ3n) is 4.43. The van der Waals surface area contributed by atoms with Crippen LogP contribution in [-0.2, 0) is 13.0 Å². The molecule has 1 heterocycles. The maximum absolute atomic E-state index is 10.2. The van der Waals surface area contributed by atoms with E-state index in [9.17, 15) is 10.2 Å². The van der Waals surface area contributed by atoms with Crippen LogP contribution in [0.15, 0.2) is 42.5 Å². The van der Waals surface area contributed by atoms with Crippen molar-refractivity contribution >= 4 is 0 Å². The van der Waals surface area contributed by atoms with E-state index in [0.717, 1.165) is 24.1 Å². The van der Waals surface area contributed by atoms with Gasteiger partial charge in [0.2, 0.25) is 0 Å². The molecule has 0 spiro atoms. The molecule has 0 aromatic heterocycles. The van der Waals surface area contributed by atoms with Crippen molar-refractivity contribution < 1.29 is 10.2 Å². The Morgan fingerprint density at radius 3 is 2.52 bits per heavy atom. The molecule has 0 bridgehead atoms. The fourth-order valence-electron chi connectivity index (χ4n) is 3.40. The van der Waals surface area contributed by atoms with Gasteiger partial charge < -0.3 is 10.2 Å². The number of nitrogens with zero attached hydrogens (tertiary/aromatic N) is 1. The SMILES string of the molecule is C[C@H]1Cc2cc(O)cc(O)c2[C@H](C)N1Cc1ccccc1. The molecule has 0 saturated carbocycles. The van der Waals surface area contributed by atoms with Crippen LogP contribution in [0.3, 0.4) is 0 Å². The quantitative estimate of drug-likeness (QED) is 0.885. The summed E-state index contributed by atoms with van der Waals surface area (Å²) in [5, 5.41) is 19.9. The maximum atomic E-state index is 10.2. The van der Waals surface area contributed by atoms with Gasteiger partial charge in [0.1, 0.15) is 11.5 Å². The van der Waals surface area contributed by atoms with E-state index in [0.29, 0.717) is 6.04 Å². The monoisotopic (exact) mass is 283 g/mol. The molecular formula is C18H21NO2. The molecule has 21 heavy (non-hydrogen) atoms. The van der Waals surface area contributed by atoms with Gasteiger partial charge in [-0.1, -0.05) is 30.3 Å². The molecule has 0 amide bonds. The summed E-state index contributed by atoms with van der Waals surface area (Å²) in [6, 6.07) is 14.1. The van der Waals surface area contributed by atoms with Crippen molar-refractivity contribution in [3.8, 4) is 11.5 Å². The Morgan fingerprint density at radius 2 is 1.81 bits per heavy atom. The van der Waals surface area contributed by atoms with Crippen LogP contribution in [-0.4, -0.2) is 21.2 Å². The summed E-state index contributed by atoms with van der Waals surface area (Å²) in [4.78, 5) is 2.40. The molecule has 1 aliphatic rings. The topological polar surface area (TPSA) is 43.7 Å². The Morgan fingerprint density at radius 1 is 1.10 bits per heavy atom. The molecule has 2 aromatic rings. The van der Waals surface area contributed by atoms with Gasteiger partial charge >= 0.3 is 0 Å². The van der Waals surface area contributed by atoms with E-state index in [-0.39, 0.29) is 17.5 Å². The Balaban J connectivity index is 1.94. The van der Waals surface area contributed by atoms with Crippen molar-refractivity contribution in [1.29, 1.82) is 0 Å². The molecule has 0 saturated heterocycles. The number of phenols is 2. The van der Waals surface area contributed by atoms with Gasteiger partial charge in [-0.25, -0.2) is 0 Å². The van der Waals surface area contributed by atoms with E-state index >= 15 is 0 Å². The van der Waals surface area contributed by atoms with Crippen LogP contribution in [0.25, 0.3) is 0 Å². The van der Waals surface area contributed by atoms with E-state index in [4.69, 9.17) is 0 Å². The molecule has 2 aromatic carbocycles. The summed E-state index contributed by atoms with van der Waals surface area (Å²) in [6.07, 6.45) is 0.842. The summed E-state index contributed by atoms with van der Waals surface area (Å²) in [5.74, 6) is 0.338. The molecule has 3 heteroatoms. The molecule has 3 rings (SSSR count). The fourth-order valence-corrected chi connectivity index (χ4v) is 3.40. The molecule has 3 nitrogen and oxygen atoms in total. The van der Waals surface area contributed by atoms with Gasteiger partial charge in [-0.05, 0) is 37.5 Å². The highest BCUT2D eigenvalue weighted by Crippen LogP contribution is 2.40. The van der Waals surface area contributed by atoms with Crippen LogP contribution in [0.4, 0.5) is 0 Å². The number of aromatic hydroxyl groups is 2. The Hall–Kier alpha value is -2.00. The molecule has 0 unspecified atom stereocenters. The second-order valence-electron chi connectivity index (χ2n) is 5.92. The molecule has 0 fully saturated rings. The maximum Gasteiger partial charge on any atom is 0.124 e. The van der Waals surface area contributed by atoms with Gasteiger partial charge in [0, 0.05) is 30.3 Å². The molecular weight excluding hydrogens is 262 g/mol. The first-order valence-electron chi connectivity index (χ1n) is 7.40. The second-order valence-corrected chi connectivity index (χ2v) is 5.92. The van der Waals surface area contributed by atoms with Crippen LogP contribution in [0.2, 0.25) is 0 Å². The number of hydrogen-bond acceptors (Lipinski definition) is 3. The van der Waals surface area contributed by atoms with Crippen LogP contribution >= 0.6 is 0 Å². The van der Waals surface area contributed by atoms with E-state index in [2.05, 4.69) is 43.0 Å². The van der Waals surface area contributed by atoms with Gasteiger partial charge in [0.05, 0.1) is 0 Å². The lowest BCUT2D eigenvalue weighted by molar-refractivity contribution is 0.126. The zero-order chi connectivity index (χ0) is 15.0. The van der Waals surface area contributed by atoms with Crippen molar-refractivity contribution in [2.24, 2.45) is 0 Å². The minimum Gasteiger partial charge on any atom is -0.508 e. The molecule has 2 atom stereocenters. The Labute approximate surface area is 125 Å². The molecule has 110 valence electrons. The van der Waals surface area contributed by atoms with Crippen LogP contribution in [0.5, 0.6) is 11.5 Å². The van der Waals surface area contributed by atoms with E-state index in [1.807, 2.05) is 6.07 Å². The first-order chi connectivity index (χ1) is 10.1. The summed E-state index contributed by atoms with van der Waals surface area (Å²) in [5.41, 5.74) is 3.27. The zero-order valence-electron chi connectivity index (χ0n) is 12.5. The Kier molecular flexibility index (Phi) is 3.60. The zero-order valence-corrected chi connectivity index (χ0v) is 12.5. The van der Waals surface area contributed by atoms with Crippen molar-refractivity contribution in [1.82, 2.24) is 4.90 Å².